The van der Waals surface area contributed by atoms with Crippen molar-refractivity contribution >= 4 is 44.7 Å². The molecule has 1 N–H and O–H groups in total. The molecule has 5 heterocycles. The normalized spacial score (nSPS) is 20.9. The van der Waals surface area contributed by atoms with E-state index in [-0.39, 0.29) is 6.04 Å². The maximum Gasteiger partial charge on any atom is 0.229 e. The lowest BCUT2D eigenvalue weighted by molar-refractivity contribution is 0.0981. The molecule has 0 radical (unpaired) electrons. The van der Waals surface area contributed by atoms with Gasteiger partial charge in [0.1, 0.15) is 5.75 Å². The van der Waals surface area contributed by atoms with Crippen LogP contribution in [-0.4, -0.2) is 85.8 Å². The molecule has 0 bridgehead atoms. The first-order valence-corrected chi connectivity index (χ1v) is 15.9. The Morgan fingerprint density at radius 2 is 1.74 bits per heavy atom. The van der Waals surface area contributed by atoms with Gasteiger partial charge in [-0.2, -0.15) is 4.98 Å². The molecule has 10 heteroatoms. The highest BCUT2D eigenvalue weighted by molar-refractivity contribution is 7.17. The van der Waals surface area contributed by atoms with E-state index in [0.29, 0.717) is 18.6 Å². The Balaban J connectivity index is 1.09. The van der Waals surface area contributed by atoms with Gasteiger partial charge >= 0.3 is 0 Å². The number of piperidine rings is 1. The molecule has 0 aliphatic carbocycles. The van der Waals surface area contributed by atoms with Crippen molar-refractivity contribution in [3.63, 3.8) is 0 Å². The van der Waals surface area contributed by atoms with Crippen molar-refractivity contribution in [1.82, 2.24) is 19.8 Å². The van der Waals surface area contributed by atoms with Crippen LogP contribution in [-0.2, 0) is 4.84 Å². The van der Waals surface area contributed by atoms with Crippen molar-refractivity contribution in [1.29, 1.82) is 0 Å². The molecule has 0 unspecified atom stereocenters. The van der Waals surface area contributed by atoms with E-state index in [4.69, 9.17) is 19.5 Å². The number of anilines is 4. The lowest BCUT2D eigenvalue weighted by Crippen LogP contribution is -2.52. The fraction of sp³-hybridized carbons (Fsp3) is 0.438. The molecule has 0 spiro atoms. The number of hydrogen-bond donors (Lipinski definition) is 1. The topological polar surface area (TPSA) is 69.2 Å². The number of methoxy groups -OCH3 is 1. The molecule has 9 nitrogen and oxygen atoms in total. The number of thiophene rings is 1. The number of aromatic nitrogens is 2. The molecule has 3 saturated heterocycles. The average molecular weight is 586 g/mol. The van der Waals surface area contributed by atoms with Crippen LogP contribution in [0.2, 0.25) is 0 Å². The molecule has 0 saturated carbocycles. The fourth-order valence-electron chi connectivity index (χ4n) is 6.51. The molecule has 220 valence electrons. The molecule has 3 aliphatic heterocycles. The third-order valence-electron chi connectivity index (χ3n) is 8.88. The molecule has 42 heavy (non-hydrogen) atoms. The smallest absolute Gasteiger partial charge is 0.229 e. The lowest BCUT2D eigenvalue weighted by Gasteiger charge is -2.42. The monoisotopic (exact) mass is 585 g/mol. The van der Waals surface area contributed by atoms with Crippen molar-refractivity contribution in [2.75, 3.05) is 75.3 Å². The Hall–Kier alpha value is -3.44. The average Bonchev–Trinajstić information content (AvgIpc) is 3.72. The summed E-state index contributed by atoms with van der Waals surface area (Å²) >= 11 is 1.64. The molecule has 3 aliphatic rings. The predicted molar refractivity (Wildman–Crippen MR) is 170 cm³/mol. The lowest BCUT2D eigenvalue weighted by atomic mass is 10.0. The third kappa shape index (κ3) is 5.51. The van der Waals surface area contributed by atoms with Crippen LogP contribution in [0.25, 0.3) is 10.2 Å². The highest BCUT2D eigenvalue weighted by Gasteiger charge is 2.31. The van der Waals surface area contributed by atoms with Crippen LogP contribution >= 0.6 is 11.3 Å². The summed E-state index contributed by atoms with van der Waals surface area (Å²) in [6.45, 7) is 7.45. The summed E-state index contributed by atoms with van der Waals surface area (Å²) in [7, 11) is 3.97. The molecular weight excluding hydrogens is 546 g/mol. The van der Waals surface area contributed by atoms with Gasteiger partial charge in [0, 0.05) is 63.5 Å². The first-order chi connectivity index (χ1) is 20.7. The number of benzene rings is 2. The minimum absolute atomic E-state index is 0.110. The van der Waals surface area contributed by atoms with E-state index in [2.05, 4.69) is 74.9 Å². The zero-order valence-corrected chi connectivity index (χ0v) is 25.2. The number of hydrogen-bond acceptors (Lipinski definition) is 10. The predicted octanol–water partition coefficient (Wildman–Crippen LogP) is 5.54. The fourth-order valence-corrected chi connectivity index (χ4v) is 7.32. The van der Waals surface area contributed by atoms with Crippen molar-refractivity contribution in [3.05, 3.63) is 65.5 Å². The summed E-state index contributed by atoms with van der Waals surface area (Å²) in [6.07, 6.45) is 3.29. The molecule has 0 amide bonds. The first kappa shape index (κ1) is 27.4. The van der Waals surface area contributed by atoms with Crippen molar-refractivity contribution in [2.24, 2.45) is 0 Å². The zero-order valence-electron chi connectivity index (χ0n) is 24.4. The molecule has 1 atom stereocenters. The molecule has 7 rings (SSSR count). The summed E-state index contributed by atoms with van der Waals surface area (Å²) in [4.78, 5) is 23.6. The molecule has 2 aromatic heterocycles. The maximum absolute atomic E-state index is 6.15. The van der Waals surface area contributed by atoms with Gasteiger partial charge in [-0.05, 0) is 49.0 Å². The van der Waals surface area contributed by atoms with Gasteiger partial charge in [0.25, 0.3) is 0 Å². The van der Waals surface area contributed by atoms with Gasteiger partial charge in [-0.3, -0.25) is 9.74 Å². The highest BCUT2D eigenvalue weighted by Crippen LogP contribution is 2.40. The van der Waals surface area contributed by atoms with Gasteiger partial charge in [-0.25, -0.2) is 10.0 Å². The Morgan fingerprint density at radius 3 is 2.52 bits per heavy atom. The largest absolute Gasteiger partial charge is 0.495 e. The summed E-state index contributed by atoms with van der Waals surface area (Å²) < 4.78 is 6.92. The van der Waals surface area contributed by atoms with Crippen LogP contribution in [0, 0.1) is 0 Å². The minimum atomic E-state index is 0.110. The van der Waals surface area contributed by atoms with E-state index in [9.17, 15) is 0 Å². The Bertz CT molecular complexity index is 1500. The number of likely N-dealkylation sites (N-methyl/N-ethyl adjacent to an activating group) is 1. The van der Waals surface area contributed by atoms with Gasteiger partial charge in [0.2, 0.25) is 5.95 Å². The minimum Gasteiger partial charge on any atom is -0.495 e. The summed E-state index contributed by atoms with van der Waals surface area (Å²) in [5.74, 6) is 2.21. The number of hydroxylamine groups is 1. The van der Waals surface area contributed by atoms with Gasteiger partial charge in [0.15, 0.2) is 5.82 Å². The number of fused-ring (bicyclic) bond motifs is 1. The third-order valence-corrected chi connectivity index (χ3v) is 9.78. The van der Waals surface area contributed by atoms with Gasteiger partial charge in [0.05, 0.1) is 35.7 Å². The summed E-state index contributed by atoms with van der Waals surface area (Å²) in [5.41, 5.74) is 4.17. The van der Waals surface area contributed by atoms with E-state index >= 15 is 0 Å². The van der Waals surface area contributed by atoms with Crippen LogP contribution in [0.15, 0.2) is 60.0 Å². The van der Waals surface area contributed by atoms with Gasteiger partial charge < -0.3 is 19.9 Å². The van der Waals surface area contributed by atoms with Crippen molar-refractivity contribution < 1.29 is 9.57 Å². The Kier molecular flexibility index (Phi) is 7.86. The molecular formula is C32H39N7O2S. The second kappa shape index (κ2) is 12.0. The zero-order chi connectivity index (χ0) is 28.5. The first-order valence-electron chi connectivity index (χ1n) is 15.0. The van der Waals surface area contributed by atoms with Crippen LogP contribution in [0.3, 0.4) is 0 Å². The number of nitrogens with zero attached hydrogens (tertiary/aromatic N) is 6. The SMILES string of the molecule is COc1cc(Nc2nc(N3OCC[C@H]3c3ccccc3)c3sccc3n2)ccc1N1CCC(N2CCN(C)CC2)CC1. The van der Waals surface area contributed by atoms with Crippen molar-refractivity contribution in [2.45, 2.75) is 31.3 Å². The second-order valence-electron chi connectivity index (χ2n) is 11.4. The highest BCUT2D eigenvalue weighted by atomic mass is 32.1. The van der Waals surface area contributed by atoms with E-state index in [1.165, 1.54) is 44.6 Å². The number of rotatable bonds is 7. The number of piperazine rings is 1. The molecule has 4 aromatic rings. The van der Waals surface area contributed by atoms with Crippen LogP contribution in [0.5, 0.6) is 5.75 Å². The van der Waals surface area contributed by atoms with E-state index < -0.39 is 0 Å². The second-order valence-corrected chi connectivity index (χ2v) is 12.4. The van der Waals surface area contributed by atoms with E-state index in [1.54, 1.807) is 18.4 Å². The molecule has 3 fully saturated rings. The number of ether oxygens (including phenoxy) is 1. The summed E-state index contributed by atoms with van der Waals surface area (Å²) in [5, 5.41) is 7.48. The summed E-state index contributed by atoms with van der Waals surface area (Å²) in [6, 6.07) is 19.7. The van der Waals surface area contributed by atoms with Gasteiger partial charge in [-0.1, -0.05) is 30.3 Å². The van der Waals surface area contributed by atoms with E-state index in [0.717, 1.165) is 52.7 Å². The van der Waals surface area contributed by atoms with Crippen LogP contribution in [0.1, 0.15) is 30.9 Å². The number of nitrogens with one attached hydrogen (secondary N) is 1. The van der Waals surface area contributed by atoms with E-state index in [1.807, 2.05) is 17.2 Å². The quantitative estimate of drug-likeness (QED) is 0.301. The standard InChI is InChI=1S/C32H39N7O2S/c1-36-16-18-37(19-17-36)25-10-14-38(15-11-25)28-9-8-24(22-29(28)40-2)33-32-34-26-13-21-42-30(26)31(35-32)39-27(12-20-41-39)23-6-4-3-5-7-23/h3-9,13,21-22,25,27H,10-12,14-20H2,1-2H3,(H,33,34,35)/t27-/m0/s1. The Labute approximate surface area is 251 Å². The Morgan fingerprint density at radius 1 is 0.929 bits per heavy atom. The maximum atomic E-state index is 6.15. The van der Waals surface area contributed by atoms with Crippen molar-refractivity contribution in [3.8, 4) is 5.75 Å². The van der Waals surface area contributed by atoms with Crippen LogP contribution < -0.4 is 20.0 Å². The van der Waals surface area contributed by atoms with Gasteiger partial charge in [-0.15, -0.1) is 11.3 Å². The van der Waals surface area contributed by atoms with Crippen LogP contribution in [0.4, 0.5) is 23.1 Å². The molecule has 2 aromatic carbocycles.